The fourth-order valence-corrected chi connectivity index (χ4v) is 2.58. The number of aryl methyl sites for hydroxylation is 1. The number of hydrogen-bond acceptors (Lipinski definition) is 4. The van der Waals surface area contributed by atoms with E-state index in [1.54, 1.807) is 23.5 Å². The first kappa shape index (κ1) is 16.5. The minimum absolute atomic E-state index is 0.254. The molecule has 0 aliphatic carbocycles. The van der Waals surface area contributed by atoms with E-state index in [9.17, 15) is 9.59 Å². The molecule has 0 aliphatic rings. The van der Waals surface area contributed by atoms with Gasteiger partial charge in [0.05, 0.1) is 0 Å². The van der Waals surface area contributed by atoms with Crippen LogP contribution >= 0.6 is 22.9 Å². The van der Waals surface area contributed by atoms with Crippen LogP contribution in [0.1, 0.15) is 17.5 Å². The number of hydrogen-bond donors (Lipinski definition) is 1. The molecule has 0 atom stereocenters. The molecule has 0 saturated carbocycles. The number of esters is 1. The zero-order valence-corrected chi connectivity index (χ0v) is 13.5. The molecule has 116 valence electrons. The maximum Gasteiger partial charge on any atom is 0.306 e. The van der Waals surface area contributed by atoms with E-state index in [2.05, 4.69) is 5.32 Å². The molecule has 4 nitrogen and oxygen atoms in total. The van der Waals surface area contributed by atoms with Crippen LogP contribution in [0.5, 0.6) is 0 Å². The Balaban J connectivity index is 1.62. The van der Waals surface area contributed by atoms with Gasteiger partial charge < -0.3 is 10.1 Å². The van der Waals surface area contributed by atoms with Gasteiger partial charge in [0.1, 0.15) is 0 Å². The molecule has 22 heavy (non-hydrogen) atoms. The Morgan fingerprint density at radius 3 is 2.59 bits per heavy atom. The van der Waals surface area contributed by atoms with Crippen molar-refractivity contribution in [2.75, 3.05) is 6.61 Å². The average molecular weight is 338 g/mol. The molecule has 1 N–H and O–H groups in total. The Morgan fingerprint density at radius 2 is 1.91 bits per heavy atom. The van der Waals surface area contributed by atoms with Gasteiger partial charge in [0.25, 0.3) is 5.91 Å². The average Bonchev–Trinajstić information content (AvgIpc) is 3.04. The third kappa shape index (κ3) is 5.87. The molecule has 2 rings (SSSR count). The first-order chi connectivity index (χ1) is 10.6. The molecule has 1 amide bonds. The number of benzene rings is 1. The van der Waals surface area contributed by atoms with Gasteiger partial charge in [0.2, 0.25) is 0 Å². The quantitative estimate of drug-likeness (QED) is 0.789. The van der Waals surface area contributed by atoms with Crippen LogP contribution in [-0.4, -0.2) is 18.5 Å². The Morgan fingerprint density at radius 1 is 1.14 bits per heavy atom. The van der Waals surface area contributed by atoms with Crippen molar-refractivity contribution in [1.29, 1.82) is 0 Å². The van der Waals surface area contributed by atoms with Crippen LogP contribution in [-0.2, 0) is 27.3 Å². The predicted molar refractivity (Wildman–Crippen MR) is 86.9 cm³/mol. The lowest BCUT2D eigenvalue weighted by Gasteiger charge is -2.06. The number of carbonyl (C=O) groups excluding carboxylic acids is 2. The first-order valence-corrected chi connectivity index (χ1v) is 8.13. The molecular formula is C16H16ClNO3S. The van der Waals surface area contributed by atoms with E-state index in [1.807, 2.05) is 29.0 Å². The molecule has 6 heteroatoms. The van der Waals surface area contributed by atoms with Gasteiger partial charge in [-0.25, -0.2) is 0 Å². The zero-order chi connectivity index (χ0) is 15.8. The molecule has 1 aromatic carbocycles. The second-order valence-electron chi connectivity index (χ2n) is 4.70. The van der Waals surface area contributed by atoms with Crippen molar-refractivity contribution in [2.24, 2.45) is 0 Å². The van der Waals surface area contributed by atoms with Gasteiger partial charge in [0.15, 0.2) is 6.61 Å². The topological polar surface area (TPSA) is 55.4 Å². The van der Waals surface area contributed by atoms with Crippen molar-refractivity contribution < 1.29 is 14.3 Å². The van der Waals surface area contributed by atoms with Crippen LogP contribution in [0.3, 0.4) is 0 Å². The van der Waals surface area contributed by atoms with Crippen LogP contribution in [0.4, 0.5) is 0 Å². The first-order valence-electron chi connectivity index (χ1n) is 6.81. The summed E-state index contributed by atoms with van der Waals surface area (Å²) >= 11 is 7.37. The third-order valence-electron chi connectivity index (χ3n) is 2.97. The summed E-state index contributed by atoms with van der Waals surface area (Å²) in [4.78, 5) is 23.1. The van der Waals surface area contributed by atoms with Gasteiger partial charge in [-0.2, -0.15) is 11.3 Å². The van der Waals surface area contributed by atoms with Gasteiger partial charge in [-0.1, -0.05) is 23.7 Å². The number of nitrogens with one attached hydrogen (secondary N) is 1. The van der Waals surface area contributed by atoms with E-state index >= 15 is 0 Å². The number of amides is 1. The molecule has 0 unspecified atom stereocenters. The fourth-order valence-electron chi connectivity index (χ4n) is 1.75. The second-order valence-corrected chi connectivity index (χ2v) is 5.91. The summed E-state index contributed by atoms with van der Waals surface area (Å²) in [5, 5.41) is 7.29. The summed E-state index contributed by atoms with van der Waals surface area (Å²) in [5.74, 6) is -0.688. The summed E-state index contributed by atoms with van der Waals surface area (Å²) < 4.78 is 4.94. The molecule has 0 aliphatic heterocycles. The Labute approximate surface area is 138 Å². The Bertz CT molecular complexity index is 611. The normalized spacial score (nSPS) is 10.2. The second kappa shape index (κ2) is 8.56. The van der Waals surface area contributed by atoms with Crippen molar-refractivity contribution in [3.63, 3.8) is 0 Å². The highest BCUT2D eigenvalue weighted by atomic mass is 35.5. The number of carbonyl (C=O) groups is 2. The summed E-state index contributed by atoms with van der Waals surface area (Å²) in [5.41, 5.74) is 2.04. The van der Waals surface area contributed by atoms with Crippen molar-refractivity contribution in [3.05, 3.63) is 57.2 Å². The molecule has 2 aromatic rings. The van der Waals surface area contributed by atoms with Crippen molar-refractivity contribution in [3.8, 4) is 0 Å². The molecule has 0 fully saturated rings. The Hall–Kier alpha value is -1.85. The number of halogens is 1. The Kier molecular flexibility index (Phi) is 6.43. The fraction of sp³-hybridized carbons (Fsp3) is 0.250. The predicted octanol–water partition coefficient (Wildman–Crippen LogP) is 3.19. The van der Waals surface area contributed by atoms with E-state index in [4.69, 9.17) is 16.3 Å². The van der Waals surface area contributed by atoms with Gasteiger partial charge in [-0.05, 0) is 46.5 Å². The third-order valence-corrected chi connectivity index (χ3v) is 3.95. The van der Waals surface area contributed by atoms with Crippen LogP contribution < -0.4 is 5.32 Å². The molecular weight excluding hydrogens is 322 g/mol. The molecule has 1 aromatic heterocycles. The molecule has 0 saturated heterocycles. The summed E-state index contributed by atoms with van der Waals surface area (Å²) in [6.45, 7) is 0.124. The minimum Gasteiger partial charge on any atom is -0.456 e. The minimum atomic E-state index is -0.368. The van der Waals surface area contributed by atoms with Gasteiger partial charge in [-0.15, -0.1) is 0 Å². The molecule has 1 heterocycles. The van der Waals surface area contributed by atoms with E-state index in [-0.39, 0.29) is 24.9 Å². The zero-order valence-electron chi connectivity index (χ0n) is 11.9. The van der Waals surface area contributed by atoms with E-state index in [0.717, 1.165) is 11.1 Å². The standard InChI is InChI=1S/C16H16ClNO3S/c17-14-4-1-12(2-5-14)9-18-15(19)10-21-16(20)6-3-13-7-8-22-11-13/h1-2,4-5,7-8,11H,3,6,9-10H2,(H,18,19). The summed E-state index contributed by atoms with van der Waals surface area (Å²) in [6, 6.07) is 9.14. The van der Waals surface area contributed by atoms with Crippen LogP contribution in [0.25, 0.3) is 0 Å². The highest BCUT2D eigenvalue weighted by Gasteiger charge is 2.08. The van der Waals surface area contributed by atoms with E-state index in [0.29, 0.717) is 18.0 Å². The van der Waals surface area contributed by atoms with Gasteiger partial charge in [0, 0.05) is 18.0 Å². The van der Waals surface area contributed by atoms with Gasteiger partial charge >= 0.3 is 5.97 Å². The maximum absolute atomic E-state index is 11.6. The van der Waals surface area contributed by atoms with Crippen molar-refractivity contribution in [1.82, 2.24) is 5.32 Å². The van der Waals surface area contributed by atoms with Crippen molar-refractivity contribution >= 4 is 34.8 Å². The molecule has 0 radical (unpaired) electrons. The monoisotopic (exact) mass is 337 g/mol. The number of ether oxygens (including phenoxy) is 1. The lowest BCUT2D eigenvalue weighted by Crippen LogP contribution is -2.28. The summed E-state index contributed by atoms with van der Waals surface area (Å²) in [7, 11) is 0. The van der Waals surface area contributed by atoms with Crippen LogP contribution in [0.2, 0.25) is 5.02 Å². The van der Waals surface area contributed by atoms with E-state index < -0.39 is 0 Å². The lowest BCUT2D eigenvalue weighted by molar-refractivity contribution is -0.148. The maximum atomic E-state index is 11.6. The largest absolute Gasteiger partial charge is 0.456 e. The smallest absolute Gasteiger partial charge is 0.306 e. The number of rotatable bonds is 7. The van der Waals surface area contributed by atoms with Crippen LogP contribution in [0.15, 0.2) is 41.1 Å². The van der Waals surface area contributed by atoms with Gasteiger partial charge in [-0.3, -0.25) is 9.59 Å². The molecule has 0 spiro atoms. The van der Waals surface area contributed by atoms with E-state index in [1.165, 1.54) is 0 Å². The molecule has 0 bridgehead atoms. The number of thiophene rings is 1. The van der Waals surface area contributed by atoms with Crippen molar-refractivity contribution in [2.45, 2.75) is 19.4 Å². The SMILES string of the molecule is O=C(COC(=O)CCc1ccsc1)NCc1ccc(Cl)cc1. The van der Waals surface area contributed by atoms with Crippen LogP contribution in [0, 0.1) is 0 Å². The highest BCUT2D eigenvalue weighted by Crippen LogP contribution is 2.09. The lowest BCUT2D eigenvalue weighted by atomic mass is 10.2. The highest BCUT2D eigenvalue weighted by molar-refractivity contribution is 7.07. The summed E-state index contributed by atoms with van der Waals surface area (Å²) in [6.07, 6.45) is 0.913.